The van der Waals surface area contributed by atoms with Crippen LogP contribution in [-0.2, 0) is 14.3 Å². The molecule has 1 N–H and O–H groups in total. The van der Waals surface area contributed by atoms with Gasteiger partial charge in [0, 0.05) is 12.5 Å². The Balaban J connectivity index is 2.45. The minimum absolute atomic E-state index is 0.00347. The van der Waals surface area contributed by atoms with Crippen molar-refractivity contribution in [2.45, 2.75) is 32.8 Å². The zero-order valence-electron chi connectivity index (χ0n) is 8.72. The fraction of sp³-hybridized carbons (Fsp3) is 0.800. The minimum Gasteiger partial charge on any atom is -0.459 e. The molecule has 0 radical (unpaired) electrons. The monoisotopic (exact) mass is 197 g/mol. The summed E-state index contributed by atoms with van der Waals surface area (Å²) in [4.78, 5) is 23.4. The van der Waals surface area contributed by atoms with E-state index in [1.54, 1.807) is 6.92 Å². The van der Waals surface area contributed by atoms with Gasteiger partial charge in [0.25, 0.3) is 0 Å². The van der Waals surface area contributed by atoms with Gasteiger partial charge >= 0.3 is 5.97 Å². The summed E-state index contributed by atoms with van der Waals surface area (Å²) in [6.07, 6.45) is 0.807. The molecule has 2 fully saturated rings. The van der Waals surface area contributed by atoms with Gasteiger partial charge in [-0.05, 0) is 27.2 Å². The van der Waals surface area contributed by atoms with E-state index in [-0.39, 0.29) is 17.8 Å². The average molecular weight is 197 g/mol. The molecule has 0 aliphatic carbocycles. The van der Waals surface area contributed by atoms with Gasteiger partial charge in [-0.1, -0.05) is 0 Å². The first kappa shape index (κ1) is 9.49. The molecule has 2 atom stereocenters. The molecule has 2 aliphatic heterocycles. The zero-order chi connectivity index (χ0) is 10.6. The highest BCUT2D eigenvalue weighted by Gasteiger charge is 2.63. The van der Waals surface area contributed by atoms with Gasteiger partial charge in [0.2, 0.25) is 5.91 Å². The lowest BCUT2D eigenvalue weighted by molar-refractivity contribution is -0.155. The minimum atomic E-state index is -0.970. The number of nitrogens with one attached hydrogen (secondary N) is 1. The van der Waals surface area contributed by atoms with Crippen molar-refractivity contribution in [1.82, 2.24) is 5.32 Å². The fourth-order valence-electron chi connectivity index (χ4n) is 2.65. The summed E-state index contributed by atoms with van der Waals surface area (Å²) in [5.74, 6) is -0.578. The number of carbonyl (C=O) groups is 2. The molecular weight excluding hydrogens is 182 g/mol. The van der Waals surface area contributed by atoms with Crippen molar-refractivity contribution in [1.29, 1.82) is 0 Å². The molecule has 2 rings (SSSR count). The Hall–Kier alpha value is -1.06. The number of ether oxygens (including phenoxy) is 1. The van der Waals surface area contributed by atoms with Crippen LogP contribution in [-0.4, -0.2) is 24.0 Å². The smallest absolute Gasteiger partial charge is 0.322 e. The number of carbonyl (C=O) groups excluding carboxylic acids is 2. The maximum Gasteiger partial charge on any atom is 0.322 e. The van der Waals surface area contributed by atoms with E-state index in [9.17, 15) is 9.59 Å². The Kier molecular flexibility index (Phi) is 1.69. The van der Waals surface area contributed by atoms with Crippen LogP contribution in [0.4, 0.5) is 0 Å². The van der Waals surface area contributed by atoms with E-state index in [4.69, 9.17) is 4.74 Å². The first-order chi connectivity index (χ1) is 6.39. The normalized spacial score (nSPS) is 40.1. The molecule has 0 aromatic heterocycles. The summed E-state index contributed by atoms with van der Waals surface area (Å²) >= 11 is 0. The topological polar surface area (TPSA) is 55.4 Å². The molecule has 4 nitrogen and oxygen atoms in total. The quantitative estimate of drug-likeness (QED) is 0.453. The van der Waals surface area contributed by atoms with Crippen LogP contribution >= 0.6 is 0 Å². The van der Waals surface area contributed by atoms with Crippen molar-refractivity contribution >= 4 is 11.9 Å². The van der Waals surface area contributed by atoms with Crippen LogP contribution in [0.3, 0.4) is 0 Å². The molecule has 0 aromatic carbocycles. The molecular formula is C10H15NO3. The zero-order valence-corrected chi connectivity index (χ0v) is 8.72. The Morgan fingerprint density at radius 2 is 2.00 bits per heavy atom. The number of piperidine rings is 1. The van der Waals surface area contributed by atoms with Crippen LogP contribution < -0.4 is 5.32 Å². The summed E-state index contributed by atoms with van der Waals surface area (Å²) in [5.41, 5.74) is -1.48. The van der Waals surface area contributed by atoms with E-state index in [0.29, 0.717) is 6.54 Å². The van der Waals surface area contributed by atoms with Crippen molar-refractivity contribution in [2.24, 2.45) is 11.3 Å². The van der Waals surface area contributed by atoms with Crippen molar-refractivity contribution in [2.75, 3.05) is 6.54 Å². The van der Waals surface area contributed by atoms with E-state index in [1.807, 2.05) is 13.8 Å². The third kappa shape index (κ3) is 0.938. The Morgan fingerprint density at radius 1 is 1.36 bits per heavy atom. The fourth-order valence-corrected chi connectivity index (χ4v) is 2.65. The first-order valence-corrected chi connectivity index (χ1v) is 4.91. The molecule has 0 bridgehead atoms. The van der Waals surface area contributed by atoms with Crippen molar-refractivity contribution in [3.63, 3.8) is 0 Å². The van der Waals surface area contributed by atoms with E-state index in [1.165, 1.54) is 0 Å². The van der Waals surface area contributed by atoms with Crippen molar-refractivity contribution in [3.8, 4) is 0 Å². The SMILES string of the molecule is CC1(C)OC(=O)[C@@]2(C)C(=O)NCC[C@@H]12. The summed E-state index contributed by atoms with van der Waals surface area (Å²) in [6.45, 7) is 6.07. The van der Waals surface area contributed by atoms with E-state index in [2.05, 4.69) is 5.32 Å². The summed E-state index contributed by atoms with van der Waals surface area (Å²) < 4.78 is 5.27. The standard InChI is InChI=1S/C10H15NO3/c1-9(2)6-4-5-11-7(12)10(6,3)8(13)14-9/h6H,4-5H2,1-3H3,(H,11,12)/t6-,10+/m0/s1. The molecule has 0 saturated carbocycles. The van der Waals surface area contributed by atoms with Crippen molar-refractivity contribution < 1.29 is 14.3 Å². The highest BCUT2D eigenvalue weighted by atomic mass is 16.6. The number of rotatable bonds is 0. The molecule has 0 aromatic rings. The van der Waals surface area contributed by atoms with Gasteiger partial charge in [-0.15, -0.1) is 0 Å². The largest absolute Gasteiger partial charge is 0.459 e. The van der Waals surface area contributed by atoms with Gasteiger partial charge in [-0.3, -0.25) is 9.59 Å². The van der Waals surface area contributed by atoms with Gasteiger partial charge < -0.3 is 10.1 Å². The number of fused-ring (bicyclic) bond motifs is 1. The molecule has 2 aliphatic rings. The van der Waals surface area contributed by atoms with Crippen LogP contribution in [0.1, 0.15) is 27.2 Å². The Bertz CT molecular complexity index is 310. The van der Waals surface area contributed by atoms with Gasteiger partial charge in [0.15, 0.2) is 0 Å². The first-order valence-electron chi connectivity index (χ1n) is 4.91. The van der Waals surface area contributed by atoms with E-state index in [0.717, 1.165) is 6.42 Å². The predicted molar refractivity (Wildman–Crippen MR) is 49.4 cm³/mol. The highest BCUT2D eigenvalue weighted by molar-refractivity contribution is 6.04. The number of hydrogen-bond donors (Lipinski definition) is 1. The Labute approximate surface area is 83.0 Å². The second kappa shape index (κ2) is 2.49. The van der Waals surface area contributed by atoms with Gasteiger partial charge in [0.1, 0.15) is 11.0 Å². The van der Waals surface area contributed by atoms with Crippen LogP contribution in [0, 0.1) is 11.3 Å². The molecule has 4 heteroatoms. The third-order valence-corrected chi connectivity index (χ3v) is 3.51. The van der Waals surface area contributed by atoms with Gasteiger partial charge in [-0.25, -0.2) is 0 Å². The number of amides is 1. The second-order valence-electron chi connectivity index (χ2n) is 4.79. The molecule has 0 unspecified atom stereocenters. The third-order valence-electron chi connectivity index (χ3n) is 3.51. The molecule has 78 valence electrons. The van der Waals surface area contributed by atoms with Crippen LogP contribution in [0.5, 0.6) is 0 Å². The molecule has 1 amide bonds. The lowest BCUT2D eigenvalue weighted by atomic mass is 9.68. The maximum absolute atomic E-state index is 11.7. The van der Waals surface area contributed by atoms with Gasteiger partial charge in [0.05, 0.1) is 0 Å². The number of hydrogen-bond acceptors (Lipinski definition) is 3. The lowest BCUT2D eigenvalue weighted by Crippen LogP contribution is -2.53. The van der Waals surface area contributed by atoms with Crippen LogP contribution in [0.2, 0.25) is 0 Å². The van der Waals surface area contributed by atoms with Crippen molar-refractivity contribution in [3.05, 3.63) is 0 Å². The summed E-state index contributed by atoms with van der Waals surface area (Å²) in [6, 6.07) is 0. The van der Waals surface area contributed by atoms with Gasteiger partial charge in [-0.2, -0.15) is 0 Å². The van der Waals surface area contributed by atoms with Crippen LogP contribution in [0.15, 0.2) is 0 Å². The number of esters is 1. The average Bonchev–Trinajstić information content (AvgIpc) is 2.24. The number of cyclic esters (lactones) is 1. The summed E-state index contributed by atoms with van der Waals surface area (Å²) in [7, 11) is 0. The second-order valence-corrected chi connectivity index (χ2v) is 4.79. The Morgan fingerprint density at radius 3 is 2.57 bits per heavy atom. The van der Waals surface area contributed by atoms with E-state index < -0.39 is 11.0 Å². The summed E-state index contributed by atoms with van der Waals surface area (Å²) in [5, 5.41) is 2.72. The molecule has 2 saturated heterocycles. The van der Waals surface area contributed by atoms with Crippen LogP contribution in [0.25, 0.3) is 0 Å². The predicted octanol–water partition coefficient (Wildman–Crippen LogP) is 0.464. The maximum atomic E-state index is 11.7. The molecule has 0 spiro atoms. The lowest BCUT2D eigenvalue weighted by Gasteiger charge is -2.35. The highest BCUT2D eigenvalue weighted by Crippen LogP contribution is 2.49. The molecule has 2 heterocycles. The molecule has 14 heavy (non-hydrogen) atoms. The van der Waals surface area contributed by atoms with E-state index >= 15 is 0 Å².